The lowest BCUT2D eigenvalue weighted by atomic mass is 9.96. The van der Waals surface area contributed by atoms with Gasteiger partial charge in [0.15, 0.2) is 5.78 Å². The van der Waals surface area contributed by atoms with Crippen LogP contribution in [-0.4, -0.2) is 11.8 Å². The monoisotopic (exact) mass is 263 g/mol. The van der Waals surface area contributed by atoms with Gasteiger partial charge in [0.25, 0.3) is 0 Å². The van der Waals surface area contributed by atoms with Gasteiger partial charge < -0.3 is 4.74 Å². The normalized spacial score (nSPS) is 13.6. The first-order valence-corrected chi connectivity index (χ1v) is 6.64. The molecule has 0 radical (unpaired) electrons. The van der Waals surface area contributed by atoms with E-state index in [1.807, 2.05) is 19.9 Å². The SMILES string of the molecule is CCCC(=O)OC(N)(C(=O)CCC)c1ccccc1. The standard InChI is InChI=1S/C15H21NO3/c1-3-8-13(17)15(16,19-14(18)9-4-2)12-10-6-5-7-11-12/h5-7,10-11H,3-4,8-9,16H2,1-2H3. The summed E-state index contributed by atoms with van der Waals surface area (Å²) < 4.78 is 5.27. The fourth-order valence-electron chi connectivity index (χ4n) is 1.81. The van der Waals surface area contributed by atoms with Gasteiger partial charge in [0.05, 0.1) is 0 Å². The van der Waals surface area contributed by atoms with Gasteiger partial charge in [0.2, 0.25) is 5.72 Å². The summed E-state index contributed by atoms with van der Waals surface area (Å²) in [6.45, 7) is 3.76. The fourth-order valence-corrected chi connectivity index (χ4v) is 1.81. The number of nitrogens with two attached hydrogens (primary N) is 1. The minimum atomic E-state index is -1.66. The van der Waals surface area contributed by atoms with E-state index in [9.17, 15) is 9.59 Å². The number of carbonyl (C=O) groups excluding carboxylic acids is 2. The molecular weight excluding hydrogens is 242 g/mol. The van der Waals surface area contributed by atoms with E-state index in [1.165, 1.54) is 0 Å². The molecule has 0 spiro atoms. The van der Waals surface area contributed by atoms with Crippen LogP contribution in [0.15, 0.2) is 30.3 Å². The second-order valence-electron chi connectivity index (χ2n) is 4.50. The summed E-state index contributed by atoms with van der Waals surface area (Å²) >= 11 is 0. The van der Waals surface area contributed by atoms with Gasteiger partial charge in [-0.2, -0.15) is 0 Å². The molecule has 4 heteroatoms. The number of hydrogen-bond acceptors (Lipinski definition) is 4. The highest BCUT2D eigenvalue weighted by atomic mass is 16.6. The molecule has 1 aromatic rings. The summed E-state index contributed by atoms with van der Waals surface area (Å²) in [6.07, 6.45) is 1.86. The zero-order valence-corrected chi connectivity index (χ0v) is 11.5. The van der Waals surface area contributed by atoms with Crippen molar-refractivity contribution in [2.75, 3.05) is 0 Å². The molecule has 0 bridgehead atoms. The Morgan fingerprint density at radius 3 is 2.21 bits per heavy atom. The van der Waals surface area contributed by atoms with Crippen LogP contribution in [0.5, 0.6) is 0 Å². The predicted octanol–water partition coefficient (Wildman–Crippen LogP) is 2.51. The van der Waals surface area contributed by atoms with Gasteiger partial charge in [-0.1, -0.05) is 44.2 Å². The van der Waals surface area contributed by atoms with Crippen molar-refractivity contribution in [1.29, 1.82) is 0 Å². The van der Waals surface area contributed by atoms with Gasteiger partial charge in [-0.15, -0.1) is 0 Å². The fraction of sp³-hybridized carbons (Fsp3) is 0.467. The van der Waals surface area contributed by atoms with Crippen LogP contribution in [0.2, 0.25) is 0 Å². The van der Waals surface area contributed by atoms with E-state index in [1.54, 1.807) is 24.3 Å². The first kappa shape index (κ1) is 15.4. The van der Waals surface area contributed by atoms with E-state index in [0.29, 0.717) is 18.4 Å². The third-order valence-electron chi connectivity index (χ3n) is 2.82. The van der Waals surface area contributed by atoms with Gasteiger partial charge in [-0.25, -0.2) is 0 Å². The summed E-state index contributed by atoms with van der Waals surface area (Å²) in [5, 5.41) is 0. The number of hydrogen-bond donors (Lipinski definition) is 1. The van der Waals surface area contributed by atoms with Crippen LogP contribution in [0.3, 0.4) is 0 Å². The average molecular weight is 263 g/mol. The number of benzene rings is 1. The van der Waals surface area contributed by atoms with Crippen molar-refractivity contribution in [3.05, 3.63) is 35.9 Å². The molecule has 1 atom stereocenters. The molecule has 19 heavy (non-hydrogen) atoms. The molecule has 0 heterocycles. The average Bonchev–Trinajstić information content (AvgIpc) is 2.40. The smallest absolute Gasteiger partial charge is 0.308 e. The Kier molecular flexibility index (Phi) is 5.70. The number of Topliss-reactive ketones (excluding diaryl/α,β-unsaturated/α-hetero) is 1. The summed E-state index contributed by atoms with van der Waals surface area (Å²) in [6, 6.07) is 8.76. The molecule has 0 saturated carbocycles. The number of ether oxygens (including phenoxy) is 1. The molecule has 1 aromatic carbocycles. The van der Waals surface area contributed by atoms with Crippen molar-refractivity contribution in [2.45, 2.75) is 45.3 Å². The molecule has 0 aromatic heterocycles. The summed E-state index contributed by atoms with van der Waals surface area (Å²) in [4.78, 5) is 23.9. The van der Waals surface area contributed by atoms with E-state index in [0.717, 1.165) is 0 Å². The number of esters is 1. The highest BCUT2D eigenvalue weighted by Gasteiger charge is 2.38. The van der Waals surface area contributed by atoms with Gasteiger partial charge in [-0.3, -0.25) is 15.3 Å². The van der Waals surface area contributed by atoms with Crippen LogP contribution in [0.4, 0.5) is 0 Å². The van der Waals surface area contributed by atoms with Crippen molar-refractivity contribution in [1.82, 2.24) is 0 Å². The summed E-state index contributed by atoms with van der Waals surface area (Å²) in [7, 11) is 0. The van der Waals surface area contributed by atoms with Crippen molar-refractivity contribution in [3.63, 3.8) is 0 Å². The van der Waals surface area contributed by atoms with Gasteiger partial charge >= 0.3 is 5.97 Å². The van der Waals surface area contributed by atoms with E-state index in [-0.39, 0.29) is 18.6 Å². The highest BCUT2D eigenvalue weighted by Crippen LogP contribution is 2.24. The maximum atomic E-state index is 12.2. The quantitative estimate of drug-likeness (QED) is 0.606. The number of rotatable bonds is 7. The maximum absolute atomic E-state index is 12.2. The number of ketones is 1. The Morgan fingerprint density at radius 1 is 1.11 bits per heavy atom. The molecule has 0 amide bonds. The zero-order chi connectivity index (χ0) is 14.3. The minimum Gasteiger partial charge on any atom is -0.432 e. The summed E-state index contributed by atoms with van der Waals surface area (Å²) in [5.41, 5.74) is 4.94. The van der Waals surface area contributed by atoms with Crippen LogP contribution in [0.25, 0.3) is 0 Å². The molecule has 0 aliphatic heterocycles. The topological polar surface area (TPSA) is 69.4 Å². The Bertz CT molecular complexity index is 430. The number of carbonyl (C=O) groups is 2. The Morgan fingerprint density at radius 2 is 1.68 bits per heavy atom. The molecule has 0 fully saturated rings. The first-order valence-electron chi connectivity index (χ1n) is 6.64. The highest BCUT2D eigenvalue weighted by molar-refractivity contribution is 5.90. The summed E-state index contributed by atoms with van der Waals surface area (Å²) in [5.74, 6) is -0.719. The molecule has 1 rings (SSSR count). The van der Waals surface area contributed by atoms with Crippen LogP contribution in [-0.2, 0) is 20.1 Å². The van der Waals surface area contributed by atoms with E-state index < -0.39 is 11.7 Å². The molecule has 1 unspecified atom stereocenters. The van der Waals surface area contributed by atoms with Crippen LogP contribution < -0.4 is 5.73 Å². The molecule has 0 saturated heterocycles. The zero-order valence-electron chi connectivity index (χ0n) is 11.5. The molecule has 0 aliphatic rings. The van der Waals surface area contributed by atoms with Crippen molar-refractivity contribution in [2.24, 2.45) is 5.73 Å². The maximum Gasteiger partial charge on any atom is 0.308 e. The van der Waals surface area contributed by atoms with Crippen molar-refractivity contribution >= 4 is 11.8 Å². The molecule has 104 valence electrons. The first-order chi connectivity index (χ1) is 9.04. The van der Waals surface area contributed by atoms with Crippen molar-refractivity contribution < 1.29 is 14.3 Å². The Balaban J connectivity index is 3.03. The van der Waals surface area contributed by atoms with Crippen LogP contribution in [0.1, 0.15) is 45.1 Å². The predicted molar refractivity (Wildman–Crippen MR) is 73.2 cm³/mol. The largest absolute Gasteiger partial charge is 0.432 e. The molecule has 2 N–H and O–H groups in total. The molecule has 4 nitrogen and oxygen atoms in total. The lowest BCUT2D eigenvalue weighted by Gasteiger charge is -2.28. The molecule has 0 aliphatic carbocycles. The van der Waals surface area contributed by atoms with Crippen LogP contribution in [0, 0.1) is 0 Å². The lowest BCUT2D eigenvalue weighted by Crippen LogP contribution is -2.48. The second-order valence-corrected chi connectivity index (χ2v) is 4.50. The minimum absolute atomic E-state index is 0.255. The van der Waals surface area contributed by atoms with E-state index in [2.05, 4.69) is 0 Å². The van der Waals surface area contributed by atoms with E-state index in [4.69, 9.17) is 10.5 Å². The van der Waals surface area contributed by atoms with Gasteiger partial charge in [0, 0.05) is 18.4 Å². The Labute approximate surface area is 113 Å². The van der Waals surface area contributed by atoms with Crippen LogP contribution >= 0.6 is 0 Å². The second kappa shape index (κ2) is 7.04. The van der Waals surface area contributed by atoms with Crippen molar-refractivity contribution in [3.8, 4) is 0 Å². The van der Waals surface area contributed by atoms with Gasteiger partial charge in [0.1, 0.15) is 0 Å². The third kappa shape index (κ3) is 3.89. The van der Waals surface area contributed by atoms with Gasteiger partial charge in [-0.05, 0) is 12.8 Å². The van der Waals surface area contributed by atoms with E-state index >= 15 is 0 Å². The Hall–Kier alpha value is -1.68. The third-order valence-corrected chi connectivity index (χ3v) is 2.82. The molecular formula is C15H21NO3. The lowest BCUT2D eigenvalue weighted by molar-refractivity contribution is -0.168.